The molecule has 0 amide bonds. The molecular formula is C28H33NO4. The molecule has 3 atom stereocenters. The average Bonchev–Trinajstić information content (AvgIpc) is 2.86. The van der Waals surface area contributed by atoms with Crippen LogP contribution in [-0.4, -0.2) is 45.1 Å². The van der Waals surface area contributed by atoms with Crippen LogP contribution < -0.4 is 19.5 Å². The molecule has 3 unspecified atom stereocenters. The SMILES string of the molecule is COc1ccc(C(CCNC2Cc3cc(OC)c(OC)cc3CC2O)c2ccccc2)cc1. The highest BCUT2D eigenvalue weighted by atomic mass is 16.5. The molecule has 33 heavy (non-hydrogen) atoms. The summed E-state index contributed by atoms with van der Waals surface area (Å²) in [6.45, 7) is 0.802. The van der Waals surface area contributed by atoms with Gasteiger partial charge in [-0.1, -0.05) is 42.5 Å². The van der Waals surface area contributed by atoms with Crippen molar-refractivity contribution in [2.75, 3.05) is 27.9 Å². The number of aliphatic hydroxyl groups excluding tert-OH is 1. The standard InChI is InChI=1S/C28H33NO4/c1-31-23-11-9-20(10-12-23)24(19-7-5-4-6-8-19)13-14-29-25-15-21-17-27(32-2)28(33-3)18-22(21)16-26(25)30/h4-12,17-18,24-26,29-30H,13-16H2,1-3H3. The Labute approximate surface area is 196 Å². The molecule has 0 aliphatic heterocycles. The van der Waals surface area contributed by atoms with Crippen molar-refractivity contribution in [1.82, 2.24) is 5.32 Å². The van der Waals surface area contributed by atoms with E-state index in [0.29, 0.717) is 12.2 Å². The molecular weight excluding hydrogens is 414 g/mol. The van der Waals surface area contributed by atoms with E-state index in [1.165, 1.54) is 16.7 Å². The van der Waals surface area contributed by atoms with Crippen LogP contribution in [0.1, 0.15) is 34.6 Å². The van der Waals surface area contributed by atoms with E-state index in [1.807, 2.05) is 30.3 Å². The zero-order valence-corrected chi connectivity index (χ0v) is 19.6. The van der Waals surface area contributed by atoms with Gasteiger partial charge in [0.1, 0.15) is 5.75 Å². The molecule has 4 rings (SSSR count). The van der Waals surface area contributed by atoms with Gasteiger partial charge in [0.15, 0.2) is 11.5 Å². The Morgan fingerprint density at radius 2 is 1.42 bits per heavy atom. The molecule has 0 bridgehead atoms. The van der Waals surface area contributed by atoms with Crippen LogP contribution in [0.15, 0.2) is 66.7 Å². The first-order chi connectivity index (χ1) is 16.1. The third-order valence-electron chi connectivity index (χ3n) is 6.60. The van der Waals surface area contributed by atoms with Crippen LogP contribution >= 0.6 is 0 Å². The monoisotopic (exact) mass is 447 g/mol. The Morgan fingerprint density at radius 1 is 0.818 bits per heavy atom. The molecule has 0 aromatic heterocycles. The van der Waals surface area contributed by atoms with Crippen LogP contribution in [0, 0.1) is 0 Å². The summed E-state index contributed by atoms with van der Waals surface area (Å²) >= 11 is 0. The maximum Gasteiger partial charge on any atom is 0.161 e. The van der Waals surface area contributed by atoms with Gasteiger partial charge in [-0.05, 0) is 65.9 Å². The van der Waals surface area contributed by atoms with Crippen LogP contribution in [0.25, 0.3) is 0 Å². The van der Waals surface area contributed by atoms with E-state index < -0.39 is 6.10 Å². The Bertz CT molecular complexity index is 1040. The van der Waals surface area contributed by atoms with Gasteiger partial charge in [0.25, 0.3) is 0 Å². The predicted molar refractivity (Wildman–Crippen MR) is 131 cm³/mol. The molecule has 0 saturated heterocycles. The van der Waals surface area contributed by atoms with Crippen LogP contribution in [-0.2, 0) is 12.8 Å². The summed E-state index contributed by atoms with van der Waals surface area (Å²) in [5.74, 6) is 2.57. The molecule has 174 valence electrons. The van der Waals surface area contributed by atoms with Crippen molar-refractivity contribution in [3.8, 4) is 17.2 Å². The second kappa shape index (κ2) is 10.7. The van der Waals surface area contributed by atoms with Gasteiger partial charge in [-0.15, -0.1) is 0 Å². The van der Waals surface area contributed by atoms with E-state index in [-0.39, 0.29) is 12.0 Å². The molecule has 5 heteroatoms. The maximum absolute atomic E-state index is 10.8. The van der Waals surface area contributed by atoms with E-state index in [0.717, 1.165) is 36.4 Å². The smallest absolute Gasteiger partial charge is 0.161 e. The molecule has 3 aromatic rings. The van der Waals surface area contributed by atoms with Crippen molar-refractivity contribution in [2.24, 2.45) is 0 Å². The molecule has 1 aliphatic rings. The molecule has 1 aliphatic carbocycles. The number of rotatable bonds is 9. The van der Waals surface area contributed by atoms with E-state index in [4.69, 9.17) is 14.2 Å². The highest BCUT2D eigenvalue weighted by molar-refractivity contribution is 5.49. The number of hydrogen-bond acceptors (Lipinski definition) is 5. The quantitative estimate of drug-likeness (QED) is 0.511. The second-order valence-corrected chi connectivity index (χ2v) is 8.54. The van der Waals surface area contributed by atoms with Crippen molar-refractivity contribution in [1.29, 1.82) is 0 Å². The Kier molecular flexibility index (Phi) is 7.53. The lowest BCUT2D eigenvalue weighted by atomic mass is 9.85. The summed E-state index contributed by atoms with van der Waals surface area (Å²) < 4.78 is 16.2. The van der Waals surface area contributed by atoms with Crippen molar-refractivity contribution in [3.05, 3.63) is 89.0 Å². The van der Waals surface area contributed by atoms with Crippen LogP contribution in [0.5, 0.6) is 17.2 Å². The zero-order chi connectivity index (χ0) is 23.2. The molecule has 3 aromatic carbocycles. The summed E-state index contributed by atoms with van der Waals surface area (Å²) in [4.78, 5) is 0. The summed E-state index contributed by atoms with van der Waals surface area (Å²) in [6.07, 6.45) is 1.86. The Balaban J connectivity index is 1.46. The first-order valence-corrected chi connectivity index (χ1v) is 11.5. The molecule has 0 fully saturated rings. The molecule has 0 spiro atoms. The molecule has 0 heterocycles. The van der Waals surface area contributed by atoms with Gasteiger partial charge in [0.05, 0.1) is 27.4 Å². The van der Waals surface area contributed by atoms with Crippen molar-refractivity contribution in [2.45, 2.75) is 37.3 Å². The minimum Gasteiger partial charge on any atom is -0.497 e. The number of hydrogen-bond donors (Lipinski definition) is 2. The van der Waals surface area contributed by atoms with Gasteiger partial charge < -0.3 is 24.6 Å². The molecule has 2 N–H and O–H groups in total. The van der Waals surface area contributed by atoms with Gasteiger partial charge in [-0.2, -0.15) is 0 Å². The van der Waals surface area contributed by atoms with E-state index >= 15 is 0 Å². The fraction of sp³-hybridized carbons (Fsp3) is 0.357. The minimum atomic E-state index is -0.438. The Hall–Kier alpha value is -3.02. The number of aliphatic hydroxyl groups is 1. The summed E-state index contributed by atoms with van der Waals surface area (Å²) in [5, 5.41) is 14.4. The van der Waals surface area contributed by atoms with E-state index in [9.17, 15) is 5.11 Å². The number of nitrogens with one attached hydrogen (secondary N) is 1. The van der Waals surface area contributed by atoms with Crippen LogP contribution in [0.4, 0.5) is 0 Å². The van der Waals surface area contributed by atoms with Crippen molar-refractivity contribution >= 4 is 0 Å². The number of methoxy groups -OCH3 is 3. The highest BCUT2D eigenvalue weighted by Crippen LogP contribution is 2.34. The largest absolute Gasteiger partial charge is 0.497 e. The minimum absolute atomic E-state index is 0.00268. The van der Waals surface area contributed by atoms with E-state index in [2.05, 4.69) is 41.7 Å². The van der Waals surface area contributed by atoms with E-state index in [1.54, 1.807) is 21.3 Å². The summed E-state index contributed by atoms with van der Waals surface area (Å²) in [6, 6.07) is 22.9. The maximum atomic E-state index is 10.8. The first kappa shape index (κ1) is 23.1. The lowest BCUT2D eigenvalue weighted by Gasteiger charge is -2.32. The number of ether oxygens (including phenoxy) is 3. The lowest BCUT2D eigenvalue weighted by molar-refractivity contribution is 0.119. The summed E-state index contributed by atoms with van der Waals surface area (Å²) in [7, 11) is 4.98. The molecule has 0 radical (unpaired) electrons. The third-order valence-corrected chi connectivity index (χ3v) is 6.60. The average molecular weight is 448 g/mol. The predicted octanol–water partition coefficient (Wildman–Crippen LogP) is 4.35. The number of fused-ring (bicyclic) bond motifs is 1. The molecule has 5 nitrogen and oxygen atoms in total. The third kappa shape index (κ3) is 5.32. The zero-order valence-electron chi connectivity index (χ0n) is 19.6. The normalized spacial score (nSPS) is 18.3. The van der Waals surface area contributed by atoms with Gasteiger partial charge in [-0.25, -0.2) is 0 Å². The fourth-order valence-electron chi connectivity index (χ4n) is 4.75. The first-order valence-electron chi connectivity index (χ1n) is 11.5. The Morgan fingerprint density at radius 3 is 2.03 bits per heavy atom. The van der Waals surface area contributed by atoms with Gasteiger partial charge in [-0.3, -0.25) is 0 Å². The topological polar surface area (TPSA) is 60.0 Å². The lowest BCUT2D eigenvalue weighted by Crippen LogP contribution is -2.46. The number of benzene rings is 3. The van der Waals surface area contributed by atoms with Crippen LogP contribution in [0.3, 0.4) is 0 Å². The fourth-order valence-corrected chi connectivity index (χ4v) is 4.75. The second-order valence-electron chi connectivity index (χ2n) is 8.54. The van der Waals surface area contributed by atoms with Gasteiger partial charge >= 0.3 is 0 Å². The van der Waals surface area contributed by atoms with Crippen molar-refractivity contribution in [3.63, 3.8) is 0 Å². The molecule has 0 saturated carbocycles. The summed E-state index contributed by atoms with van der Waals surface area (Å²) in [5.41, 5.74) is 4.87. The van der Waals surface area contributed by atoms with Gasteiger partial charge in [0, 0.05) is 18.4 Å². The van der Waals surface area contributed by atoms with Crippen LogP contribution in [0.2, 0.25) is 0 Å². The van der Waals surface area contributed by atoms with Crippen molar-refractivity contribution < 1.29 is 19.3 Å². The highest BCUT2D eigenvalue weighted by Gasteiger charge is 2.28. The van der Waals surface area contributed by atoms with Gasteiger partial charge in [0.2, 0.25) is 0 Å².